The molecule has 0 saturated heterocycles. The molecule has 3 N–H and O–H groups in total. The lowest BCUT2D eigenvalue weighted by Crippen LogP contribution is -2.50. The highest BCUT2D eigenvalue weighted by atomic mass is 28.4. The monoisotopic (exact) mass is 236 g/mol. The van der Waals surface area contributed by atoms with Crippen LogP contribution in [0.4, 0.5) is 0 Å². The maximum atomic E-state index is 5.73. The maximum absolute atomic E-state index is 5.73. The molecule has 0 aliphatic heterocycles. The summed E-state index contributed by atoms with van der Waals surface area (Å²) in [5.41, 5.74) is 3.84. The fourth-order valence-electron chi connectivity index (χ4n) is 1.52. The molecule has 0 spiro atoms. The van der Waals surface area contributed by atoms with Gasteiger partial charge in [-0.25, -0.2) is 0 Å². The number of rotatable bonds is 10. The Kier molecular flexibility index (Phi) is 9.33. The third-order valence-corrected chi connectivity index (χ3v) is 5.23. The van der Waals surface area contributed by atoms with Crippen molar-refractivity contribution in [1.82, 2.24) is 0 Å². The zero-order valence-corrected chi connectivity index (χ0v) is 11.4. The average molecular weight is 236 g/mol. The van der Waals surface area contributed by atoms with E-state index in [0.717, 1.165) is 25.4 Å². The van der Waals surface area contributed by atoms with E-state index in [9.17, 15) is 0 Å². The molecule has 0 rings (SSSR count). The van der Waals surface area contributed by atoms with Crippen LogP contribution in [0.1, 0.15) is 33.6 Å². The molecule has 4 nitrogen and oxygen atoms in total. The first kappa shape index (κ1) is 15.1. The van der Waals surface area contributed by atoms with Crippen LogP contribution in [0.5, 0.6) is 0 Å². The molecule has 0 fully saturated rings. The van der Waals surface area contributed by atoms with Gasteiger partial charge in [0.2, 0.25) is 0 Å². The average Bonchev–Trinajstić information content (AvgIpc) is 2.19. The Balaban J connectivity index is 4.18. The van der Waals surface area contributed by atoms with Crippen molar-refractivity contribution in [2.24, 2.45) is 0 Å². The van der Waals surface area contributed by atoms with Crippen molar-refractivity contribution >= 4 is 8.80 Å². The highest BCUT2D eigenvalue weighted by Crippen LogP contribution is 2.18. The molecule has 0 unspecified atom stereocenters. The first-order chi connectivity index (χ1) is 7.24. The molecular weight excluding hydrogens is 210 g/mol. The lowest BCUT2D eigenvalue weighted by atomic mass is 10.3. The molecule has 0 aliphatic carbocycles. The second-order valence-corrected chi connectivity index (χ2v) is 6.02. The minimum Gasteiger partial charge on any atom is -0.374 e. The molecule has 0 atom stereocenters. The Morgan fingerprint density at radius 1 is 0.867 bits per heavy atom. The molecule has 0 aromatic heterocycles. The third-order valence-electron chi connectivity index (χ3n) is 2.08. The minimum absolute atomic E-state index is 0.663. The zero-order chi connectivity index (χ0) is 11.6. The Labute approximate surface area is 94.5 Å². The van der Waals surface area contributed by atoms with Crippen LogP contribution in [0.25, 0.3) is 0 Å². The summed E-state index contributed by atoms with van der Waals surface area (Å²) in [5.74, 6) is 0. The van der Waals surface area contributed by atoms with Crippen molar-refractivity contribution in [3.05, 3.63) is 0 Å². The van der Waals surface area contributed by atoms with Crippen LogP contribution in [0.2, 0.25) is 6.04 Å². The van der Waals surface area contributed by atoms with Gasteiger partial charge in [0.1, 0.15) is 0 Å². The molecule has 0 amide bonds. The summed E-state index contributed by atoms with van der Waals surface area (Å²) in [4.78, 5) is 0. The lowest BCUT2D eigenvalue weighted by Gasteiger charge is -2.28. The van der Waals surface area contributed by atoms with Gasteiger partial charge in [-0.2, -0.15) is 0 Å². The quantitative estimate of drug-likeness (QED) is 0.456. The summed E-state index contributed by atoms with van der Waals surface area (Å²) < 4.78 is 17.2. The van der Waals surface area contributed by atoms with E-state index in [1.807, 2.05) is 20.8 Å². The fourth-order valence-corrected chi connectivity index (χ4v) is 4.21. The summed E-state index contributed by atoms with van der Waals surface area (Å²) >= 11 is 0. The molecule has 15 heavy (non-hydrogen) atoms. The first-order valence-electron chi connectivity index (χ1n) is 5.95. The highest BCUT2D eigenvalue weighted by Gasteiger charge is 2.39. The van der Waals surface area contributed by atoms with Crippen LogP contribution in [0.15, 0.2) is 0 Å². The molecule has 5 heteroatoms. The number of hydrogen-bond donors (Lipinski definition) is 1. The molecule has 0 aliphatic rings. The normalized spacial score (nSPS) is 12.0. The van der Waals surface area contributed by atoms with Crippen LogP contribution in [-0.4, -0.2) is 35.2 Å². The van der Waals surface area contributed by atoms with Gasteiger partial charge in [0.15, 0.2) is 0 Å². The molecular formula is C10H26NO3Si+. The molecule has 0 aromatic carbocycles. The van der Waals surface area contributed by atoms with Crippen molar-refractivity contribution in [3.8, 4) is 0 Å². The van der Waals surface area contributed by atoms with Crippen LogP contribution in [0.3, 0.4) is 0 Å². The van der Waals surface area contributed by atoms with Crippen molar-refractivity contribution in [2.75, 3.05) is 26.4 Å². The molecule has 0 aromatic rings. The van der Waals surface area contributed by atoms with Crippen LogP contribution >= 0.6 is 0 Å². The third kappa shape index (κ3) is 6.27. The van der Waals surface area contributed by atoms with E-state index in [1.54, 1.807) is 0 Å². The Morgan fingerprint density at radius 2 is 1.33 bits per heavy atom. The molecule has 0 heterocycles. The van der Waals surface area contributed by atoms with Gasteiger partial charge in [0, 0.05) is 25.9 Å². The highest BCUT2D eigenvalue weighted by molar-refractivity contribution is 6.60. The standard InChI is InChI=1S/C10H25NO3Si/c1-4-12-15(13-5-2,14-6-3)10-8-7-9-11/h4-11H2,1-3H3/p+1. The van der Waals surface area contributed by atoms with Crippen molar-refractivity contribution < 1.29 is 19.0 Å². The largest absolute Gasteiger partial charge is 0.500 e. The summed E-state index contributed by atoms with van der Waals surface area (Å²) in [7, 11) is -2.36. The van der Waals surface area contributed by atoms with E-state index in [4.69, 9.17) is 13.3 Å². The van der Waals surface area contributed by atoms with Crippen molar-refractivity contribution in [1.29, 1.82) is 0 Å². The van der Waals surface area contributed by atoms with E-state index >= 15 is 0 Å². The zero-order valence-electron chi connectivity index (χ0n) is 10.4. The fraction of sp³-hybridized carbons (Fsp3) is 1.00. The summed E-state index contributed by atoms with van der Waals surface area (Å²) in [6.07, 6.45) is 2.19. The number of hydrogen-bond acceptors (Lipinski definition) is 3. The first-order valence-corrected chi connectivity index (χ1v) is 7.89. The topological polar surface area (TPSA) is 55.3 Å². The molecule has 92 valence electrons. The smallest absolute Gasteiger partial charge is 0.374 e. The molecule has 0 radical (unpaired) electrons. The van der Waals surface area contributed by atoms with Crippen LogP contribution in [0, 0.1) is 0 Å². The SMILES string of the molecule is CCO[Si](CCCC[NH3+])(OCC)OCC. The van der Waals surface area contributed by atoms with Gasteiger partial charge in [0.05, 0.1) is 6.54 Å². The van der Waals surface area contributed by atoms with Gasteiger partial charge < -0.3 is 19.0 Å². The van der Waals surface area contributed by atoms with Gasteiger partial charge in [-0.05, 0) is 33.6 Å². The van der Waals surface area contributed by atoms with E-state index in [2.05, 4.69) is 5.73 Å². The summed E-state index contributed by atoms with van der Waals surface area (Å²) in [5, 5.41) is 0. The Bertz CT molecular complexity index is 130. The van der Waals surface area contributed by atoms with E-state index in [1.165, 1.54) is 0 Å². The van der Waals surface area contributed by atoms with Crippen molar-refractivity contribution in [2.45, 2.75) is 39.7 Å². The second-order valence-electron chi connectivity index (χ2n) is 3.29. The van der Waals surface area contributed by atoms with Crippen LogP contribution < -0.4 is 5.73 Å². The van der Waals surface area contributed by atoms with E-state index < -0.39 is 8.80 Å². The van der Waals surface area contributed by atoms with Crippen molar-refractivity contribution in [3.63, 3.8) is 0 Å². The predicted molar refractivity (Wildman–Crippen MR) is 62.4 cm³/mol. The number of unbranched alkanes of at least 4 members (excludes halogenated alkanes) is 1. The summed E-state index contributed by atoms with van der Waals surface area (Å²) in [6, 6.07) is 0.915. The second kappa shape index (κ2) is 9.29. The Hall–Kier alpha value is 0.0569. The van der Waals surface area contributed by atoms with E-state index in [-0.39, 0.29) is 0 Å². The molecule has 0 saturated carbocycles. The molecule has 0 bridgehead atoms. The minimum atomic E-state index is -2.36. The predicted octanol–water partition coefficient (Wildman–Crippen LogP) is 1.06. The van der Waals surface area contributed by atoms with E-state index in [0.29, 0.717) is 19.8 Å². The van der Waals surface area contributed by atoms with Gasteiger partial charge in [0.25, 0.3) is 0 Å². The maximum Gasteiger partial charge on any atom is 0.500 e. The van der Waals surface area contributed by atoms with Gasteiger partial charge in [-0.15, -0.1) is 0 Å². The van der Waals surface area contributed by atoms with Crippen LogP contribution in [-0.2, 0) is 13.3 Å². The lowest BCUT2D eigenvalue weighted by molar-refractivity contribution is -0.368. The number of quaternary nitrogens is 1. The van der Waals surface area contributed by atoms with Gasteiger partial charge in [-0.1, -0.05) is 0 Å². The van der Waals surface area contributed by atoms with Gasteiger partial charge in [-0.3, -0.25) is 0 Å². The Morgan fingerprint density at radius 3 is 1.67 bits per heavy atom. The summed E-state index contributed by atoms with van der Waals surface area (Å²) in [6.45, 7) is 8.92. The van der Waals surface area contributed by atoms with Gasteiger partial charge >= 0.3 is 8.80 Å².